The summed E-state index contributed by atoms with van der Waals surface area (Å²) in [6, 6.07) is 4.84. The summed E-state index contributed by atoms with van der Waals surface area (Å²) in [5.74, 6) is -1.90. The lowest BCUT2D eigenvalue weighted by Crippen LogP contribution is -2.17. The summed E-state index contributed by atoms with van der Waals surface area (Å²) in [7, 11) is -0.958. The minimum absolute atomic E-state index is 0.148. The summed E-state index contributed by atoms with van der Waals surface area (Å²) in [5, 5.41) is 11.0. The molecule has 2 N–H and O–H groups in total. The van der Waals surface area contributed by atoms with Crippen LogP contribution in [0.4, 0.5) is 5.88 Å². The Labute approximate surface area is 170 Å². The first-order valence-corrected chi connectivity index (χ1v) is 10.8. The Morgan fingerprint density at radius 1 is 1.25 bits per heavy atom. The van der Waals surface area contributed by atoms with Crippen LogP contribution in [0.2, 0.25) is 0 Å². The highest BCUT2D eigenvalue weighted by atomic mass is 79.9. The van der Waals surface area contributed by atoms with Crippen LogP contribution in [0.5, 0.6) is 23.0 Å². The first kappa shape index (κ1) is 21.9. The number of rotatable bonds is 9. The number of carbonyl (C=O) groups excluding carboxylic acids is 1. The molecule has 1 aromatic heterocycles. The Morgan fingerprint density at radius 3 is 2.54 bits per heavy atom. The molecule has 0 aliphatic rings. The van der Waals surface area contributed by atoms with E-state index in [4.69, 9.17) is 18.6 Å². The highest BCUT2D eigenvalue weighted by molar-refractivity contribution is 9.09. The Balaban J connectivity index is 2.59. The predicted molar refractivity (Wildman–Crippen MR) is 106 cm³/mol. The lowest BCUT2D eigenvalue weighted by atomic mass is 10.1. The van der Waals surface area contributed by atoms with Gasteiger partial charge in [0.25, 0.3) is 5.88 Å². The summed E-state index contributed by atoms with van der Waals surface area (Å²) in [6.45, 7) is 1.11. The minimum Gasteiger partial charge on any atom is -0.502 e. The molecule has 0 aliphatic heterocycles. The fourth-order valence-corrected chi connectivity index (χ4v) is 4.09. The van der Waals surface area contributed by atoms with Crippen LogP contribution in [0.15, 0.2) is 22.6 Å². The van der Waals surface area contributed by atoms with E-state index in [0.29, 0.717) is 17.5 Å². The van der Waals surface area contributed by atoms with E-state index < -0.39 is 33.4 Å². The Kier molecular flexibility index (Phi) is 7.19. The number of alkyl halides is 1. The molecule has 0 radical (unpaired) electrons. The SMILES string of the molecule is COc1cccc(-c2oc(NS(=O)(=O)CCCBr)c(OC(C)=O)c2O)c1OC. The molecule has 0 amide bonds. The van der Waals surface area contributed by atoms with Crippen LogP contribution >= 0.6 is 15.9 Å². The van der Waals surface area contributed by atoms with E-state index >= 15 is 0 Å². The van der Waals surface area contributed by atoms with E-state index in [1.165, 1.54) is 14.2 Å². The number of hydrogen-bond acceptors (Lipinski definition) is 8. The molecule has 9 nitrogen and oxygen atoms in total. The van der Waals surface area contributed by atoms with E-state index in [1.54, 1.807) is 18.2 Å². The lowest BCUT2D eigenvalue weighted by Gasteiger charge is -2.11. The van der Waals surface area contributed by atoms with Crippen LogP contribution in [0.25, 0.3) is 11.3 Å². The number of halogens is 1. The molecule has 11 heteroatoms. The van der Waals surface area contributed by atoms with Gasteiger partial charge in [-0.05, 0) is 18.6 Å². The average molecular weight is 478 g/mol. The topological polar surface area (TPSA) is 124 Å². The van der Waals surface area contributed by atoms with Crippen molar-refractivity contribution >= 4 is 37.8 Å². The van der Waals surface area contributed by atoms with Crippen LogP contribution in [0.1, 0.15) is 13.3 Å². The number of aromatic hydroxyl groups is 1. The minimum atomic E-state index is -3.80. The molecule has 0 saturated heterocycles. The van der Waals surface area contributed by atoms with E-state index in [1.807, 2.05) is 0 Å². The monoisotopic (exact) mass is 477 g/mol. The molecule has 154 valence electrons. The van der Waals surface area contributed by atoms with E-state index in [9.17, 15) is 18.3 Å². The third-order valence-corrected chi connectivity index (χ3v) is 5.41. The summed E-state index contributed by atoms with van der Waals surface area (Å²) in [4.78, 5) is 11.4. The number of carbonyl (C=O) groups is 1. The van der Waals surface area contributed by atoms with Crippen molar-refractivity contribution in [2.24, 2.45) is 0 Å². The normalized spacial score (nSPS) is 11.1. The maximum atomic E-state index is 12.2. The molecule has 28 heavy (non-hydrogen) atoms. The third-order valence-electron chi connectivity index (χ3n) is 3.53. The number of esters is 1. The van der Waals surface area contributed by atoms with Crippen molar-refractivity contribution in [2.45, 2.75) is 13.3 Å². The lowest BCUT2D eigenvalue weighted by molar-refractivity contribution is -0.131. The van der Waals surface area contributed by atoms with Crippen LogP contribution in [-0.4, -0.2) is 44.8 Å². The van der Waals surface area contributed by atoms with Gasteiger partial charge in [0.15, 0.2) is 17.3 Å². The number of ether oxygens (including phenoxy) is 3. The summed E-state index contributed by atoms with van der Waals surface area (Å²) >= 11 is 3.16. The molecular weight excluding hydrogens is 458 g/mol. The fourth-order valence-electron chi connectivity index (χ4n) is 2.40. The van der Waals surface area contributed by atoms with Crippen molar-refractivity contribution in [3.8, 4) is 34.3 Å². The zero-order valence-electron chi connectivity index (χ0n) is 15.4. The molecule has 0 spiro atoms. The second kappa shape index (κ2) is 9.20. The zero-order chi connectivity index (χ0) is 20.9. The van der Waals surface area contributed by atoms with Crippen molar-refractivity contribution in [2.75, 3.05) is 30.0 Å². The van der Waals surface area contributed by atoms with E-state index in [2.05, 4.69) is 20.7 Å². The van der Waals surface area contributed by atoms with Gasteiger partial charge in [0.1, 0.15) is 0 Å². The Morgan fingerprint density at radius 2 is 1.96 bits per heavy atom. The van der Waals surface area contributed by atoms with Gasteiger partial charge in [-0.15, -0.1) is 0 Å². The van der Waals surface area contributed by atoms with E-state index in [-0.39, 0.29) is 22.8 Å². The second-order valence-electron chi connectivity index (χ2n) is 5.54. The molecule has 0 bridgehead atoms. The quantitative estimate of drug-likeness (QED) is 0.416. The fraction of sp³-hybridized carbons (Fsp3) is 0.353. The summed E-state index contributed by atoms with van der Waals surface area (Å²) < 4.78 is 47.7. The van der Waals surface area contributed by atoms with Gasteiger partial charge in [0.05, 0.1) is 25.5 Å². The highest BCUT2D eigenvalue weighted by Gasteiger charge is 2.29. The summed E-state index contributed by atoms with van der Waals surface area (Å²) in [5.41, 5.74) is 0.277. The molecule has 1 aromatic carbocycles. The average Bonchev–Trinajstić information content (AvgIpc) is 2.94. The molecule has 1 heterocycles. The van der Waals surface area contributed by atoms with Gasteiger partial charge in [0, 0.05) is 12.3 Å². The Hall–Kier alpha value is -2.40. The predicted octanol–water partition coefficient (Wildman–Crippen LogP) is 3.12. The van der Waals surface area contributed by atoms with Crippen molar-refractivity contribution in [1.82, 2.24) is 0 Å². The number of hydrogen-bond donors (Lipinski definition) is 2. The number of methoxy groups -OCH3 is 2. The molecule has 0 atom stereocenters. The molecule has 2 aromatic rings. The Bertz CT molecular complexity index is 954. The molecule has 0 unspecified atom stereocenters. The smallest absolute Gasteiger partial charge is 0.308 e. The zero-order valence-corrected chi connectivity index (χ0v) is 17.8. The largest absolute Gasteiger partial charge is 0.502 e. The summed E-state index contributed by atoms with van der Waals surface area (Å²) in [6.07, 6.45) is 0.349. The van der Waals surface area contributed by atoms with Crippen LogP contribution in [0.3, 0.4) is 0 Å². The van der Waals surface area contributed by atoms with Gasteiger partial charge in [-0.3, -0.25) is 4.79 Å². The van der Waals surface area contributed by atoms with Gasteiger partial charge in [-0.1, -0.05) is 22.0 Å². The van der Waals surface area contributed by atoms with Crippen LogP contribution < -0.4 is 18.9 Å². The van der Waals surface area contributed by atoms with Crippen molar-refractivity contribution in [1.29, 1.82) is 0 Å². The maximum Gasteiger partial charge on any atom is 0.308 e. The molecule has 0 fully saturated rings. The standard InChI is InChI=1S/C17H20BrNO8S/c1-10(20)26-16-13(21)15(11-6-4-7-12(24-2)14(11)25-3)27-17(16)19-28(22,23)9-5-8-18/h4,6-7,19,21H,5,8-9H2,1-3H3. The van der Waals surface area contributed by atoms with Crippen molar-refractivity contribution in [3.63, 3.8) is 0 Å². The van der Waals surface area contributed by atoms with Gasteiger partial charge in [-0.2, -0.15) is 0 Å². The molecule has 2 rings (SSSR count). The number of nitrogens with one attached hydrogen (secondary N) is 1. The van der Waals surface area contributed by atoms with Crippen LogP contribution in [0, 0.1) is 0 Å². The first-order chi connectivity index (χ1) is 13.2. The maximum absolute atomic E-state index is 12.2. The van der Waals surface area contributed by atoms with Gasteiger partial charge in [-0.25, -0.2) is 13.1 Å². The third kappa shape index (κ3) is 4.90. The number of para-hydroxylation sites is 1. The number of sulfonamides is 1. The number of furan rings is 1. The van der Waals surface area contributed by atoms with Gasteiger partial charge >= 0.3 is 5.97 Å². The molecule has 0 saturated carbocycles. The van der Waals surface area contributed by atoms with Gasteiger partial charge in [0.2, 0.25) is 21.5 Å². The number of benzene rings is 1. The van der Waals surface area contributed by atoms with Gasteiger partial charge < -0.3 is 23.7 Å². The number of anilines is 1. The first-order valence-electron chi connectivity index (χ1n) is 8.06. The molecular formula is C17H20BrNO8S. The van der Waals surface area contributed by atoms with Crippen molar-refractivity contribution in [3.05, 3.63) is 18.2 Å². The van der Waals surface area contributed by atoms with Crippen LogP contribution in [-0.2, 0) is 14.8 Å². The van der Waals surface area contributed by atoms with Crippen molar-refractivity contribution < 1.29 is 36.9 Å². The molecule has 0 aliphatic carbocycles. The second-order valence-corrected chi connectivity index (χ2v) is 8.17. The highest BCUT2D eigenvalue weighted by Crippen LogP contribution is 2.50. The van der Waals surface area contributed by atoms with E-state index in [0.717, 1.165) is 6.92 Å².